The van der Waals surface area contributed by atoms with Crippen LogP contribution in [0, 0.1) is 0 Å². The highest BCUT2D eigenvalue weighted by molar-refractivity contribution is 5.98. The summed E-state index contributed by atoms with van der Waals surface area (Å²) in [5, 5.41) is 0. The Kier molecular flexibility index (Phi) is 5.64. The normalized spacial score (nSPS) is 15.7. The lowest BCUT2D eigenvalue weighted by Crippen LogP contribution is -2.11. The summed E-state index contributed by atoms with van der Waals surface area (Å²) in [5.74, 6) is 0. The van der Waals surface area contributed by atoms with Crippen LogP contribution >= 0.6 is 0 Å². The van der Waals surface area contributed by atoms with Crippen molar-refractivity contribution >= 4 is 10.5 Å². The summed E-state index contributed by atoms with van der Waals surface area (Å²) < 4.78 is 5.41. The molecule has 0 aromatic carbocycles. The molecule has 0 aliphatic heterocycles. The molecule has 1 atom stereocenters. The highest BCUT2D eigenvalue weighted by atomic mass is 28.2. The van der Waals surface area contributed by atoms with Crippen molar-refractivity contribution in [1.82, 2.24) is 0 Å². The summed E-state index contributed by atoms with van der Waals surface area (Å²) in [7, 11) is 0.848. The van der Waals surface area contributed by atoms with E-state index in [0.29, 0.717) is 6.10 Å². The topological polar surface area (TPSA) is 9.23 Å². The highest BCUT2D eigenvalue weighted by Crippen LogP contribution is 2.10. The highest BCUT2D eigenvalue weighted by Gasteiger charge is 2.04. The summed E-state index contributed by atoms with van der Waals surface area (Å²) >= 11 is 0. The van der Waals surface area contributed by atoms with E-state index in [1.807, 2.05) is 0 Å². The van der Waals surface area contributed by atoms with Gasteiger partial charge in [-0.25, -0.2) is 0 Å². The Morgan fingerprint density at radius 2 is 2.30 bits per heavy atom. The van der Waals surface area contributed by atoms with Crippen molar-refractivity contribution in [3.63, 3.8) is 0 Å². The molecule has 0 aromatic rings. The van der Waals surface area contributed by atoms with Crippen molar-refractivity contribution in [2.24, 2.45) is 0 Å². The SMILES string of the molecule is CC=C(C)C(CCC)O[SiH3]. The molecule has 0 saturated heterocycles. The summed E-state index contributed by atoms with van der Waals surface area (Å²) in [6.07, 6.45) is 4.91. The molecule has 0 aliphatic rings. The van der Waals surface area contributed by atoms with E-state index in [1.54, 1.807) is 0 Å². The third kappa shape index (κ3) is 3.18. The fourth-order valence-corrected chi connectivity index (χ4v) is 1.59. The second-order valence-electron chi connectivity index (χ2n) is 2.55. The van der Waals surface area contributed by atoms with Crippen LogP contribution in [0.1, 0.15) is 33.6 Å². The van der Waals surface area contributed by atoms with Crippen molar-refractivity contribution in [3.8, 4) is 0 Å². The molecule has 0 bridgehead atoms. The van der Waals surface area contributed by atoms with Crippen LogP contribution in [0.5, 0.6) is 0 Å². The molecule has 0 radical (unpaired) electrons. The monoisotopic (exact) mass is 158 g/mol. The molecule has 0 N–H and O–H groups in total. The minimum atomic E-state index is 0.404. The van der Waals surface area contributed by atoms with Gasteiger partial charge in [0, 0.05) is 0 Å². The zero-order valence-electron chi connectivity index (χ0n) is 7.48. The summed E-state index contributed by atoms with van der Waals surface area (Å²) in [4.78, 5) is 0. The largest absolute Gasteiger partial charge is 0.421 e. The van der Waals surface area contributed by atoms with E-state index in [9.17, 15) is 0 Å². The zero-order valence-corrected chi connectivity index (χ0v) is 9.48. The van der Waals surface area contributed by atoms with E-state index in [0.717, 1.165) is 10.5 Å². The Morgan fingerprint density at radius 1 is 1.70 bits per heavy atom. The number of allylic oxidation sites excluding steroid dienone is 1. The van der Waals surface area contributed by atoms with Crippen LogP contribution in [0.3, 0.4) is 0 Å². The molecule has 0 saturated carbocycles. The first-order chi connectivity index (χ1) is 4.76. The molecule has 0 fully saturated rings. The van der Waals surface area contributed by atoms with Gasteiger partial charge in [0.05, 0.1) is 6.10 Å². The standard InChI is InChI=1S/C8H18OSi/c1-4-6-8(9-10)7(3)5-2/h5,8H,4,6H2,1-3,10H3. The third-order valence-corrected chi connectivity index (χ3v) is 2.37. The van der Waals surface area contributed by atoms with Gasteiger partial charge in [0.1, 0.15) is 10.5 Å². The Morgan fingerprint density at radius 3 is 2.60 bits per heavy atom. The van der Waals surface area contributed by atoms with E-state index < -0.39 is 0 Å². The summed E-state index contributed by atoms with van der Waals surface area (Å²) in [6.45, 7) is 6.40. The zero-order chi connectivity index (χ0) is 7.98. The Labute approximate surface area is 67.0 Å². The molecule has 10 heavy (non-hydrogen) atoms. The Balaban J connectivity index is 3.80. The van der Waals surface area contributed by atoms with Crippen LogP contribution in [0.2, 0.25) is 0 Å². The van der Waals surface area contributed by atoms with Crippen molar-refractivity contribution < 1.29 is 4.43 Å². The maximum Gasteiger partial charge on any atom is 0.146 e. The molecule has 60 valence electrons. The quantitative estimate of drug-likeness (QED) is 0.444. The van der Waals surface area contributed by atoms with E-state index in [4.69, 9.17) is 4.43 Å². The molecule has 0 amide bonds. The average molecular weight is 158 g/mol. The first-order valence-corrected chi connectivity index (χ1v) is 4.73. The lowest BCUT2D eigenvalue weighted by Gasteiger charge is -2.14. The molecule has 0 aromatic heterocycles. The lowest BCUT2D eigenvalue weighted by atomic mass is 10.1. The Bertz CT molecular complexity index is 110. The predicted molar refractivity (Wildman–Crippen MR) is 49.2 cm³/mol. The minimum Gasteiger partial charge on any atom is -0.421 e. The fourth-order valence-electron chi connectivity index (χ4n) is 0.979. The van der Waals surface area contributed by atoms with E-state index in [-0.39, 0.29) is 0 Å². The van der Waals surface area contributed by atoms with Gasteiger partial charge in [0.25, 0.3) is 0 Å². The second-order valence-corrected chi connectivity index (χ2v) is 3.02. The van der Waals surface area contributed by atoms with Gasteiger partial charge in [-0.15, -0.1) is 0 Å². The molecule has 2 heteroatoms. The van der Waals surface area contributed by atoms with Crippen molar-refractivity contribution in [1.29, 1.82) is 0 Å². The Hall–Kier alpha value is -0.0831. The van der Waals surface area contributed by atoms with Gasteiger partial charge in [-0.3, -0.25) is 0 Å². The fraction of sp³-hybridized carbons (Fsp3) is 0.750. The van der Waals surface area contributed by atoms with Crippen LogP contribution in [-0.4, -0.2) is 16.6 Å². The summed E-state index contributed by atoms with van der Waals surface area (Å²) in [5.41, 5.74) is 1.37. The molecule has 0 spiro atoms. The van der Waals surface area contributed by atoms with Crippen molar-refractivity contribution in [3.05, 3.63) is 11.6 Å². The summed E-state index contributed by atoms with van der Waals surface area (Å²) in [6, 6.07) is 0. The minimum absolute atomic E-state index is 0.404. The van der Waals surface area contributed by atoms with Gasteiger partial charge in [0.2, 0.25) is 0 Å². The average Bonchev–Trinajstić information content (AvgIpc) is 1.99. The van der Waals surface area contributed by atoms with Crippen LogP contribution < -0.4 is 0 Å². The van der Waals surface area contributed by atoms with E-state index >= 15 is 0 Å². The molecule has 1 nitrogen and oxygen atoms in total. The van der Waals surface area contributed by atoms with Crippen molar-refractivity contribution in [2.75, 3.05) is 0 Å². The number of rotatable bonds is 4. The first kappa shape index (κ1) is 9.92. The van der Waals surface area contributed by atoms with Crippen LogP contribution in [-0.2, 0) is 4.43 Å². The third-order valence-electron chi connectivity index (χ3n) is 1.80. The predicted octanol–water partition coefficient (Wildman–Crippen LogP) is 1.42. The first-order valence-electron chi connectivity index (χ1n) is 3.91. The van der Waals surface area contributed by atoms with Crippen molar-refractivity contribution in [2.45, 2.75) is 39.7 Å². The van der Waals surface area contributed by atoms with Gasteiger partial charge in [-0.2, -0.15) is 0 Å². The maximum atomic E-state index is 5.41. The van der Waals surface area contributed by atoms with Gasteiger partial charge in [-0.1, -0.05) is 25.0 Å². The number of hydrogen-bond donors (Lipinski definition) is 0. The number of hydrogen-bond acceptors (Lipinski definition) is 1. The molecule has 1 unspecified atom stereocenters. The molecule has 0 aliphatic carbocycles. The van der Waals surface area contributed by atoms with Gasteiger partial charge in [-0.05, 0) is 20.3 Å². The molecular formula is C8H18OSi. The smallest absolute Gasteiger partial charge is 0.146 e. The second kappa shape index (κ2) is 5.68. The molecule has 0 heterocycles. The van der Waals surface area contributed by atoms with E-state index in [2.05, 4.69) is 26.8 Å². The van der Waals surface area contributed by atoms with Gasteiger partial charge in [0.15, 0.2) is 0 Å². The molecular weight excluding hydrogens is 140 g/mol. The molecule has 0 rings (SSSR count). The van der Waals surface area contributed by atoms with Crippen LogP contribution in [0.4, 0.5) is 0 Å². The van der Waals surface area contributed by atoms with Crippen LogP contribution in [0.25, 0.3) is 0 Å². The van der Waals surface area contributed by atoms with Crippen LogP contribution in [0.15, 0.2) is 11.6 Å². The van der Waals surface area contributed by atoms with Gasteiger partial charge >= 0.3 is 0 Å². The maximum absolute atomic E-state index is 5.41. The lowest BCUT2D eigenvalue weighted by molar-refractivity contribution is 0.247. The van der Waals surface area contributed by atoms with E-state index in [1.165, 1.54) is 18.4 Å². The van der Waals surface area contributed by atoms with Gasteiger partial charge < -0.3 is 4.43 Å².